The number of rotatable bonds is 6. The van der Waals surface area contributed by atoms with Crippen molar-refractivity contribution in [1.82, 2.24) is 4.57 Å². The molecular weight excluding hydrogens is 332 g/mol. The van der Waals surface area contributed by atoms with Crippen molar-refractivity contribution in [2.45, 2.75) is 11.4 Å². The van der Waals surface area contributed by atoms with Crippen LogP contribution in [-0.4, -0.2) is 22.5 Å². The van der Waals surface area contributed by atoms with Crippen molar-refractivity contribution in [1.29, 1.82) is 0 Å². The molecule has 0 atom stereocenters. The molecule has 0 bridgehead atoms. The molecule has 5 heteroatoms. The van der Waals surface area contributed by atoms with E-state index in [-0.39, 0.29) is 0 Å². The number of hydrogen-bond donors (Lipinski definition) is 1. The van der Waals surface area contributed by atoms with Crippen molar-refractivity contribution in [2.24, 2.45) is 0 Å². The van der Waals surface area contributed by atoms with Gasteiger partial charge in [-0.15, -0.1) is 11.8 Å². The second-order valence-electron chi connectivity index (χ2n) is 5.52. The lowest BCUT2D eigenvalue weighted by Crippen LogP contribution is -2.25. The topological polar surface area (TPSA) is 51.1 Å². The number of nitrogens with one attached hydrogen (secondary N) is 1. The number of nitrogens with zero attached hydrogens (tertiary/aromatic N) is 1. The average Bonchev–Trinajstić information content (AvgIpc) is 3.10. The van der Waals surface area contributed by atoms with E-state index in [1.54, 1.807) is 34.5 Å². The summed E-state index contributed by atoms with van der Waals surface area (Å²) in [4.78, 5) is 25.9. The summed E-state index contributed by atoms with van der Waals surface area (Å²) < 4.78 is 1.79. The van der Waals surface area contributed by atoms with Crippen molar-refractivity contribution in [3.63, 3.8) is 0 Å². The maximum absolute atomic E-state index is 12.5. The molecule has 1 N–H and O–H groups in total. The Morgan fingerprint density at radius 3 is 2.56 bits per heavy atom. The van der Waals surface area contributed by atoms with E-state index < -0.39 is 11.7 Å². The minimum Gasteiger partial charge on any atom is -0.340 e. The van der Waals surface area contributed by atoms with Gasteiger partial charge in [0.2, 0.25) is 0 Å². The summed E-state index contributed by atoms with van der Waals surface area (Å²) in [7, 11) is 0. The van der Waals surface area contributed by atoms with Gasteiger partial charge in [-0.3, -0.25) is 9.59 Å². The zero-order valence-corrected chi connectivity index (χ0v) is 14.6. The van der Waals surface area contributed by atoms with Crippen LogP contribution >= 0.6 is 11.8 Å². The first-order valence-corrected chi connectivity index (χ1v) is 9.08. The summed E-state index contributed by atoms with van der Waals surface area (Å²) in [5.41, 5.74) is 2.06. The molecule has 0 aliphatic heterocycles. The monoisotopic (exact) mass is 350 g/mol. The molecule has 0 spiro atoms. The van der Waals surface area contributed by atoms with E-state index in [0.717, 1.165) is 10.5 Å². The predicted molar refractivity (Wildman–Crippen MR) is 101 cm³/mol. The Bertz CT molecular complexity index is 887. The van der Waals surface area contributed by atoms with E-state index in [4.69, 9.17) is 0 Å². The molecule has 25 heavy (non-hydrogen) atoms. The number of aromatic nitrogens is 1. The summed E-state index contributed by atoms with van der Waals surface area (Å²) in [6.45, 7) is 0.546. The van der Waals surface area contributed by atoms with Crippen LogP contribution in [0.2, 0.25) is 0 Å². The molecule has 0 radical (unpaired) electrons. The number of benzene rings is 2. The number of thioether (sulfide) groups is 1. The molecule has 0 saturated carbocycles. The fourth-order valence-corrected chi connectivity index (χ4v) is 3.00. The molecule has 0 aliphatic rings. The largest absolute Gasteiger partial charge is 0.340 e. The number of Topliss-reactive ketones (excluding diaryl/α,β-unsaturated/α-hetero) is 1. The van der Waals surface area contributed by atoms with Gasteiger partial charge in [-0.1, -0.05) is 36.4 Å². The molecule has 2 aromatic carbocycles. The highest BCUT2D eigenvalue weighted by Crippen LogP contribution is 2.19. The van der Waals surface area contributed by atoms with E-state index in [9.17, 15) is 9.59 Å². The third-order valence-corrected chi connectivity index (χ3v) is 4.52. The summed E-state index contributed by atoms with van der Waals surface area (Å²) in [6.07, 6.45) is 3.77. The normalized spacial score (nSPS) is 10.4. The van der Waals surface area contributed by atoms with E-state index in [1.165, 1.54) is 0 Å². The van der Waals surface area contributed by atoms with E-state index in [0.29, 0.717) is 17.9 Å². The van der Waals surface area contributed by atoms with Gasteiger partial charge < -0.3 is 9.88 Å². The number of carbonyl (C=O) groups excluding carboxylic acids is 2. The SMILES string of the molecule is CSc1cccc(NC(=O)C(=O)c2cccn2Cc2ccccc2)c1. The van der Waals surface area contributed by atoms with Crippen LogP contribution in [0.4, 0.5) is 5.69 Å². The van der Waals surface area contributed by atoms with Crippen LogP contribution in [-0.2, 0) is 11.3 Å². The summed E-state index contributed by atoms with van der Waals surface area (Å²) in [5.74, 6) is -1.18. The summed E-state index contributed by atoms with van der Waals surface area (Å²) in [5, 5.41) is 2.68. The minimum atomic E-state index is -0.633. The molecular formula is C20H18N2O2S. The predicted octanol–water partition coefficient (Wildman–Crippen LogP) is 4.08. The van der Waals surface area contributed by atoms with Crippen LogP contribution < -0.4 is 5.32 Å². The minimum absolute atomic E-state index is 0.377. The first-order chi connectivity index (χ1) is 12.2. The molecule has 4 nitrogen and oxygen atoms in total. The third kappa shape index (κ3) is 4.19. The lowest BCUT2D eigenvalue weighted by molar-refractivity contribution is -0.112. The molecule has 1 heterocycles. The van der Waals surface area contributed by atoms with Crippen LogP contribution in [0.25, 0.3) is 0 Å². The second-order valence-corrected chi connectivity index (χ2v) is 6.40. The van der Waals surface area contributed by atoms with Crippen molar-refractivity contribution in [3.8, 4) is 0 Å². The molecule has 126 valence electrons. The number of anilines is 1. The van der Waals surface area contributed by atoms with Crippen LogP contribution in [0, 0.1) is 0 Å². The molecule has 0 fully saturated rings. The maximum Gasteiger partial charge on any atom is 0.298 e. The third-order valence-electron chi connectivity index (χ3n) is 3.79. The van der Waals surface area contributed by atoms with E-state index in [2.05, 4.69) is 5.32 Å². The van der Waals surface area contributed by atoms with Gasteiger partial charge in [-0.2, -0.15) is 0 Å². The van der Waals surface area contributed by atoms with E-state index in [1.807, 2.05) is 61.0 Å². The maximum atomic E-state index is 12.5. The smallest absolute Gasteiger partial charge is 0.298 e. The van der Waals surface area contributed by atoms with Crippen molar-refractivity contribution in [2.75, 3.05) is 11.6 Å². The van der Waals surface area contributed by atoms with Crippen LogP contribution in [0.5, 0.6) is 0 Å². The van der Waals surface area contributed by atoms with Crippen molar-refractivity contribution in [3.05, 3.63) is 84.2 Å². The molecule has 1 amide bonds. The standard InChI is InChI=1S/C20H18N2O2S/c1-25-17-10-5-9-16(13-17)21-20(24)19(23)18-11-6-12-22(18)14-15-7-3-2-4-8-15/h2-13H,14H2,1H3,(H,21,24). The second kappa shape index (κ2) is 7.85. The lowest BCUT2D eigenvalue weighted by atomic mass is 10.2. The molecule has 3 rings (SSSR count). The molecule has 0 saturated heterocycles. The molecule has 0 aliphatic carbocycles. The van der Waals surface area contributed by atoms with Gasteiger partial charge in [0.1, 0.15) is 0 Å². The highest BCUT2D eigenvalue weighted by molar-refractivity contribution is 7.98. The number of carbonyl (C=O) groups is 2. The highest BCUT2D eigenvalue weighted by atomic mass is 32.2. The quantitative estimate of drug-likeness (QED) is 0.414. The first-order valence-electron chi connectivity index (χ1n) is 7.86. The van der Waals surface area contributed by atoms with Gasteiger partial charge >= 0.3 is 0 Å². The molecule has 1 aromatic heterocycles. The number of ketones is 1. The molecule has 0 unspecified atom stereocenters. The lowest BCUT2D eigenvalue weighted by Gasteiger charge is -2.09. The van der Waals surface area contributed by atoms with Gasteiger partial charge in [0.25, 0.3) is 11.7 Å². The van der Waals surface area contributed by atoms with Gasteiger partial charge in [-0.25, -0.2) is 0 Å². The summed E-state index contributed by atoms with van der Waals surface area (Å²) in [6, 6.07) is 20.7. The van der Waals surface area contributed by atoms with Gasteiger partial charge in [0, 0.05) is 23.3 Å². The van der Waals surface area contributed by atoms with Crippen LogP contribution in [0.3, 0.4) is 0 Å². The number of hydrogen-bond acceptors (Lipinski definition) is 3. The van der Waals surface area contributed by atoms with Crippen molar-refractivity contribution < 1.29 is 9.59 Å². The van der Waals surface area contributed by atoms with Crippen LogP contribution in [0.15, 0.2) is 77.8 Å². The first kappa shape index (κ1) is 17.0. The molecule has 3 aromatic rings. The highest BCUT2D eigenvalue weighted by Gasteiger charge is 2.20. The Morgan fingerprint density at radius 1 is 1.00 bits per heavy atom. The Morgan fingerprint density at radius 2 is 1.80 bits per heavy atom. The average molecular weight is 350 g/mol. The Kier molecular flexibility index (Phi) is 5.36. The summed E-state index contributed by atoms with van der Waals surface area (Å²) >= 11 is 1.58. The van der Waals surface area contributed by atoms with Gasteiger partial charge in [0.15, 0.2) is 0 Å². The Hall–Kier alpha value is -2.79. The Balaban J connectivity index is 1.74. The van der Waals surface area contributed by atoms with Gasteiger partial charge in [0.05, 0.1) is 5.69 Å². The van der Waals surface area contributed by atoms with Crippen LogP contribution in [0.1, 0.15) is 16.1 Å². The van der Waals surface area contributed by atoms with Crippen molar-refractivity contribution >= 4 is 29.1 Å². The zero-order valence-electron chi connectivity index (χ0n) is 13.8. The Labute approximate surface area is 150 Å². The fourth-order valence-electron chi connectivity index (χ4n) is 2.54. The fraction of sp³-hybridized carbons (Fsp3) is 0.100. The zero-order chi connectivity index (χ0) is 17.6. The number of amides is 1. The van der Waals surface area contributed by atoms with Gasteiger partial charge in [-0.05, 0) is 42.2 Å². The van der Waals surface area contributed by atoms with E-state index >= 15 is 0 Å².